The van der Waals surface area contributed by atoms with Crippen LogP contribution in [0, 0.1) is 5.92 Å². The summed E-state index contributed by atoms with van der Waals surface area (Å²) < 4.78 is 26.6. The van der Waals surface area contributed by atoms with E-state index in [1.54, 1.807) is 0 Å². The Labute approximate surface area is 119 Å². The number of hydrogen-bond acceptors (Lipinski definition) is 3. The second-order valence-electron chi connectivity index (χ2n) is 5.11. The summed E-state index contributed by atoms with van der Waals surface area (Å²) >= 11 is 0. The molecule has 6 heteroatoms. The maximum atomic E-state index is 12.6. The molecule has 1 N–H and O–H groups in total. The quantitative estimate of drug-likeness (QED) is 0.924. The van der Waals surface area contributed by atoms with E-state index in [-0.39, 0.29) is 10.5 Å². The monoisotopic (exact) mass is 297 g/mol. The van der Waals surface area contributed by atoms with E-state index in [1.165, 1.54) is 28.6 Å². The standard InChI is InChI=1S/C14H19NO4S/c1-2-11-5-4-8-15(10-11)20(18,19)13-7-3-6-12(9-13)14(16)17/h3,6-7,9,11H,2,4-5,8,10H2,1H3,(H,16,17). The van der Waals surface area contributed by atoms with E-state index in [2.05, 4.69) is 6.92 Å². The van der Waals surface area contributed by atoms with E-state index in [0.717, 1.165) is 19.3 Å². The van der Waals surface area contributed by atoms with Crippen molar-refractivity contribution in [1.82, 2.24) is 4.31 Å². The van der Waals surface area contributed by atoms with Crippen LogP contribution in [0.5, 0.6) is 0 Å². The fourth-order valence-electron chi connectivity index (χ4n) is 2.52. The molecule has 0 bridgehead atoms. The molecule has 2 rings (SSSR count). The van der Waals surface area contributed by atoms with Crippen LogP contribution >= 0.6 is 0 Å². The molecule has 1 fully saturated rings. The lowest BCUT2D eigenvalue weighted by molar-refractivity contribution is 0.0696. The van der Waals surface area contributed by atoms with Crippen LogP contribution in [0.3, 0.4) is 0 Å². The topological polar surface area (TPSA) is 74.7 Å². The molecule has 1 heterocycles. The number of carbonyl (C=O) groups is 1. The van der Waals surface area contributed by atoms with Crippen molar-refractivity contribution in [2.45, 2.75) is 31.1 Å². The second kappa shape index (κ2) is 5.93. The number of carboxylic acid groups (broad SMARTS) is 1. The van der Waals surface area contributed by atoms with Gasteiger partial charge in [0.2, 0.25) is 10.0 Å². The number of piperidine rings is 1. The molecular formula is C14H19NO4S. The van der Waals surface area contributed by atoms with Crippen molar-refractivity contribution in [2.24, 2.45) is 5.92 Å². The largest absolute Gasteiger partial charge is 0.478 e. The third kappa shape index (κ3) is 3.02. The predicted octanol–water partition coefficient (Wildman–Crippen LogP) is 2.20. The zero-order valence-corrected chi connectivity index (χ0v) is 12.3. The summed E-state index contributed by atoms with van der Waals surface area (Å²) in [5, 5.41) is 8.96. The van der Waals surface area contributed by atoms with Crippen LogP contribution in [0.25, 0.3) is 0 Å². The van der Waals surface area contributed by atoms with E-state index in [4.69, 9.17) is 5.11 Å². The third-order valence-electron chi connectivity index (χ3n) is 3.78. The Balaban J connectivity index is 2.30. The fourth-order valence-corrected chi connectivity index (χ4v) is 4.12. The summed E-state index contributed by atoms with van der Waals surface area (Å²) in [6, 6.07) is 5.55. The van der Waals surface area contributed by atoms with Gasteiger partial charge in [-0.25, -0.2) is 13.2 Å². The minimum Gasteiger partial charge on any atom is -0.478 e. The van der Waals surface area contributed by atoms with Gasteiger partial charge in [0.15, 0.2) is 0 Å². The Morgan fingerprint density at radius 1 is 1.45 bits per heavy atom. The summed E-state index contributed by atoms with van der Waals surface area (Å²) in [7, 11) is -3.59. The molecule has 0 aliphatic carbocycles. The molecule has 1 atom stereocenters. The molecule has 1 aliphatic rings. The molecule has 0 amide bonds. The third-order valence-corrected chi connectivity index (χ3v) is 5.64. The highest BCUT2D eigenvalue weighted by Crippen LogP contribution is 2.25. The number of sulfonamides is 1. The molecule has 0 aromatic heterocycles. The van der Waals surface area contributed by atoms with E-state index >= 15 is 0 Å². The summed E-state index contributed by atoms with van der Waals surface area (Å²) in [4.78, 5) is 11.0. The van der Waals surface area contributed by atoms with Crippen LogP contribution in [-0.4, -0.2) is 36.9 Å². The number of hydrogen-bond donors (Lipinski definition) is 1. The van der Waals surface area contributed by atoms with Gasteiger partial charge in [-0.3, -0.25) is 0 Å². The SMILES string of the molecule is CCC1CCCN(S(=O)(=O)c2cccc(C(=O)O)c2)C1. The first kappa shape index (κ1) is 15.0. The molecule has 1 aromatic carbocycles. The zero-order valence-electron chi connectivity index (χ0n) is 11.4. The Morgan fingerprint density at radius 2 is 2.20 bits per heavy atom. The molecule has 20 heavy (non-hydrogen) atoms. The van der Waals surface area contributed by atoms with Crippen molar-refractivity contribution in [1.29, 1.82) is 0 Å². The van der Waals surface area contributed by atoms with E-state index in [0.29, 0.717) is 19.0 Å². The van der Waals surface area contributed by atoms with Crippen LogP contribution < -0.4 is 0 Å². The molecule has 1 aliphatic heterocycles. The van der Waals surface area contributed by atoms with Gasteiger partial charge in [0.05, 0.1) is 10.5 Å². The minimum absolute atomic E-state index is 0.00451. The Morgan fingerprint density at radius 3 is 2.85 bits per heavy atom. The lowest BCUT2D eigenvalue weighted by atomic mass is 9.97. The average molecular weight is 297 g/mol. The van der Waals surface area contributed by atoms with Crippen molar-refractivity contribution in [2.75, 3.05) is 13.1 Å². The highest BCUT2D eigenvalue weighted by molar-refractivity contribution is 7.89. The zero-order chi connectivity index (χ0) is 14.8. The van der Waals surface area contributed by atoms with Crippen LogP contribution in [0.2, 0.25) is 0 Å². The van der Waals surface area contributed by atoms with Gasteiger partial charge in [-0.2, -0.15) is 4.31 Å². The van der Waals surface area contributed by atoms with Gasteiger partial charge < -0.3 is 5.11 Å². The lowest BCUT2D eigenvalue weighted by Gasteiger charge is -2.31. The molecule has 110 valence electrons. The maximum absolute atomic E-state index is 12.6. The van der Waals surface area contributed by atoms with Gasteiger partial charge in [0.1, 0.15) is 0 Å². The van der Waals surface area contributed by atoms with Gasteiger partial charge >= 0.3 is 5.97 Å². The van der Waals surface area contributed by atoms with Gasteiger partial charge in [0.25, 0.3) is 0 Å². The van der Waals surface area contributed by atoms with Crippen LogP contribution in [0.1, 0.15) is 36.5 Å². The smallest absolute Gasteiger partial charge is 0.335 e. The highest BCUT2D eigenvalue weighted by Gasteiger charge is 2.29. The molecule has 0 radical (unpaired) electrons. The molecule has 0 spiro atoms. The van der Waals surface area contributed by atoms with Crippen molar-refractivity contribution in [3.05, 3.63) is 29.8 Å². The summed E-state index contributed by atoms with van der Waals surface area (Å²) in [6.07, 6.45) is 2.87. The average Bonchev–Trinajstić information content (AvgIpc) is 2.47. The molecule has 1 aromatic rings. The van der Waals surface area contributed by atoms with Gasteiger partial charge in [-0.05, 0) is 37.0 Å². The second-order valence-corrected chi connectivity index (χ2v) is 7.05. The molecular weight excluding hydrogens is 278 g/mol. The van der Waals surface area contributed by atoms with E-state index < -0.39 is 16.0 Å². The highest BCUT2D eigenvalue weighted by atomic mass is 32.2. The normalized spacial score (nSPS) is 20.8. The van der Waals surface area contributed by atoms with Gasteiger partial charge in [0, 0.05) is 13.1 Å². The predicted molar refractivity (Wildman–Crippen MR) is 75.2 cm³/mol. The van der Waals surface area contributed by atoms with Gasteiger partial charge in [-0.15, -0.1) is 0 Å². The Hall–Kier alpha value is -1.40. The molecule has 1 saturated heterocycles. The minimum atomic E-state index is -3.59. The fraction of sp³-hybridized carbons (Fsp3) is 0.500. The summed E-state index contributed by atoms with van der Waals surface area (Å²) in [5.41, 5.74) is -0.00451. The number of carboxylic acids is 1. The summed E-state index contributed by atoms with van der Waals surface area (Å²) in [6.45, 7) is 3.10. The van der Waals surface area contributed by atoms with E-state index in [1.807, 2.05) is 0 Å². The van der Waals surface area contributed by atoms with Crippen molar-refractivity contribution in [3.8, 4) is 0 Å². The Bertz CT molecular complexity index is 597. The van der Waals surface area contributed by atoms with Crippen molar-refractivity contribution >= 4 is 16.0 Å². The van der Waals surface area contributed by atoms with Crippen LogP contribution in [-0.2, 0) is 10.0 Å². The molecule has 0 saturated carbocycles. The molecule has 5 nitrogen and oxygen atoms in total. The van der Waals surface area contributed by atoms with Crippen LogP contribution in [0.4, 0.5) is 0 Å². The number of aromatic carboxylic acids is 1. The maximum Gasteiger partial charge on any atom is 0.335 e. The Kier molecular flexibility index (Phi) is 4.45. The first-order valence-corrected chi connectivity index (χ1v) is 8.22. The van der Waals surface area contributed by atoms with Gasteiger partial charge in [-0.1, -0.05) is 19.4 Å². The van der Waals surface area contributed by atoms with E-state index in [9.17, 15) is 13.2 Å². The summed E-state index contributed by atoms with van der Waals surface area (Å²) in [5.74, 6) is -0.728. The van der Waals surface area contributed by atoms with Crippen LogP contribution in [0.15, 0.2) is 29.2 Å². The number of nitrogens with zero attached hydrogens (tertiary/aromatic N) is 1. The first-order chi connectivity index (χ1) is 9.45. The number of rotatable bonds is 4. The number of benzene rings is 1. The molecule has 1 unspecified atom stereocenters. The van der Waals surface area contributed by atoms with Crippen molar-refractivity contribution < 1.29 is 18.3 Å². The van der Waals surface area contributed by atoms with Crippen molar-refractivity contribution in [3.63, 3.8) is 0 Å². The lowest BCUT2D eigenvalue weighted by Crippen LogP contribution is -2.39. The first-order valence-electron chi connectivity index (χ1n) is 6.78.